The van der Waals surface area contributed by atoms with Crippen molar-refractivity contribution in [2.24, 2.45) is 0 Å². The first-order valence-electron chi connectivity index (χ1n) is 6.21. The fourth-order valence-electron chi connectivity index (χ4n) is 1.98. The SMILES string of the molecule is COc1ccc(F)cc1C(C)NCc1occc1C. The van der Waals surface area contributed by atoms with E-state index in [-0.39, 0.29) is 11.9 Å². The zero-order valence-electron chi connectivity index (χ0n) is 11.4. The maximum Gasteiger partial charge on any atom is 0.123 e. The van der Waals surface area contributed by atoms with Gasteiger partial charge in [-0.2, -0.15) is 0 Å². The molecule has 1 N–H and O–H groups in total. The van der Waals surface area contributed by atoms with Crippen molar-refractivity contribution in [3.63, 3.8) is 0 Å². The van der Waals surface area contributed by atoms with Crippen molar-refractivity contribution < 1.29 is 13.5 Å². The summed E-state index contributed by atoms with van der Waals surface area (Å²) in [5, 5.41) is 3.30. The highest BCUT2D eigenvalue weighted by Crippen LogP contribution is 2.26. The van der Waals surface area contributed by atoms with Gasteiger partial charge in [-0.1, -0.05) is 0 Å². The Hall–Kier alpha value is -1.81. The Morgan fingerprint density at radius 3 is 2.79 bits per heavy atom. The third-order valence-electron chi connectivity index (χ3n) is 3.20. The summed E-state index contributed by atoms with van der Waals surface area (Å²) in [4.78, 5) is 0. The van der Waals surface area contributed by atoms with E-state index in [2.05, 4.69) is 5.32 Å². The second kappa shape index (κ2) is 5.89. The Bertz CT molecular complexity index is 551. The first-order valence-corrected chi connectivity index (χ1v) is 6.21. The number of ether oxygens (including phenoxy) is 1. The summed E-state index contributed by atoms with van der Waals surface area (Å²) in [5.41, 5.74) is 1.90. The van der Waals surface area contributed by atoms with E-state index in [1.54, 1.807) is 19.4 Å². The molecule has 2 aromatic rings. The third kappa shape index (κ3) is 3.15. The number of rotatable bonds is 5. The fraction of sp³-hybridized carbons (Fsp3) is 0.333. The van der Waals surface area contributed by atoms with Gasteiger partial charge in [0.1, 0.15) is 17.3 Å². The zero-order valence-corrected chi connectivity index (χ0v) is 11.4. The average Bonchev–Trinajstić information content (AvgIpc) is 2.81. The van der Waals surface area contributed by atoms with E-state index >= 15 is 0 Å². The number of hydrogen-bond donors (Lipinski definition) is 1. The van der Waals surface area contributed by atoms with Gasteiger partial charge in [-0.05, 0) is 43.7 Å². The molecule has 1 aromatic carbocycles. The normalized spacial score (nSPS) is 12.4. The largest absolute Gasteiger partial charge is 0.496 e. The highest BCUT2D eigenvalue weighted by molar-refractivity contribution is 5.36. The Morgan fingerprint density at radius 2 is 2.16 bits per heavy atom. The molecule has 4 heteroatoms. The monoisotopic (exact) mass is 263 g/mol. The molecule has 1 atom stereocenters. The van der Waals surface area contributed by atoms with Crippen LogP contribution in [0.1, 0.15) is 29.9 Å². The number of benzene rings is 1. The molecule has 0 saturated heterocycles. The van der Waals surface area contributed by atoms with Gasteiger partial charge in [0.25, 0.3) is 0 Å². The standard InChI is InChI=1S/C15H18FNO2/c1-10-6-7-19-15(10)9-17-11(2)13-8-12(16)4-5-14(13)18-3/h4-8,11,17H,9H2,1-3H3. The van der Waals surface area contributed by atoms with Gasteiger partial charge in [0.15, 0.2) is 0 Å². The van der Waals surface area contributed by atoms with Gasteiger partial charge >= 0.3 is 0 Å². The second-order valence-corrected chi connectivity index (χ2v) is 4.52. The topological polar surface area (TPSA) is 34.4 Å². The Labute approximate surface area is 112 Å². The van der Waals surface area contributed by atoms with Crippen molar-refractivity contribution in [1.29, 1.82) is 0 Å². The zero-order chi connectivity index (χ0) is 13.8. The molecule has 0 amide bonds. The van der Waals surface area contributed by atoms with Gasteiger partial charge in [-0.15, -0.1) is 0 Å². The minimum absolute atomic E-state index is 0.0323. The van der Waals surface area contributed by atoms with Crippen molar-refractivity contribution >= 4 is 0 Å². The predicted molar refractivity (Wildman–Crippen MR) is 71.7 cm³/mol. The van der Waals surface area contributed by atoms with Gasteiger partial charge in [0.2, 0.25) is 0 Å². The summed E-state index contributed by atoms with van der Waals surface area (Å²) in [6.07, 6.45) is 1.67. The van der Waals surface area contributed by atoms with Gasteiger partial charge in [-0.25, -0.2) is 4.39 Å². The molecule has 0 bridgehead atoms. The van der Waals surface area contributed by atoms with Crippen LogP contribution in [0.2, 0.25) is 0 Å². The van der Waals surface area contributed by atoms with E-state index in [4.69, 9.17) is 9.15 Å². The highest BCUT2D eigenvalue weighted by atomic mass is 19.1. The van der Waals surface area contributed by atoms with Gasteiger partial charge in [0, 0.05) is 11.6 Å². The number of aryl methyl sites for hydroxylation is 1. The van der Waals surface area contributed by atoms with Crippen LogP contribution in [0.25, 0.3) is 0 Å². The smallest absolute Gasteiger partial charge is 0.123 e. The Kier molecular flexibility index (Phi) is 4.22. The maximum atomic E-state index is 13.3. The number of nitrogens with one attached hydrogen (secondary N) is 1. The van der Waals surface area contributed by atoms with E-state index in [9.17, 15) is 4.39 Å². The number of halogens is 1. The van der Waals surface area contributed by atoms with E-state index in [1.165, 1.54) is 12.1 Å². The molecular weight excluding hydrogens is 245 g/mol. The van der Waals surface area contributed by atoms with E-state index < -0.39 is 0 Å². The lowest BCUT2D eigenvalue weighted by Gasteiger charge is -2.17. The third-order valence-corrected chi connectivity index (χ3v) is 3.20. The molecule has 0 fully saturated rings. The van der Waals surface area contributed by atoms with E-state index in [0.717, 1.165) is 16.9 Å². The first kappa shape index (κ1) is 13.6. The molecule has 102 valence electrons. The molecule has 0 aliphatic heterocycles. The van der Waals surface area contributed by atoms with Crippen LogP contribution in [0.3, 0.4) is 0 Å². The molecule has 0 spiro atoms. The lowest BCUT2D eigenvalue weighted by Crippen LogP contribution is -2.19. The lowest BCUT2D eigenvalue weighted by atomic mass is 10.1. The molecule has 19 heavy (non-hydrogen) atoms. The molecule has 1 aromatic heterocycles. The van der Waals surface area contributed by atoms with Gasteiger partial charge in [-0.3, -0.25) is 0 Å². The average molecular weight is 263 g/mol. The molecule has 2 rings (SSSR count). The quantitative estimate of drug-likeness (QED) is 0.895. The molecule has 1 heterocycles. The summed E-state index contributed by atoms with van der Waals surface area (Å²) < 4.78 is 23.9. The van der Waals surface area contributed by atoms with Crippen molar-refractivity contribution in [2.45, 2.75) is 26.4 Å². The molecule has 0 radical (unpaired) electrons. The molecule has 1 unspecified atom stereocenters. The van der Waals surface area contributed by atoms with Gasteiger partial charge in [0.05, 0.1) is 19.9 Å². The Morgan fingerprint density at radius 1 is 1.37 bits per heavy atom. The summed E-state index contributed by atoms with van der Waals surface area (Å²) in [6.45, 7) is 4.56. The first-order chi connectivity index (χ1) is 9.11. The number of furan rings is 1. The minimum Gasteiger partial charge on any atom is -0.496 e. The fourth-order valence-corrected chi connectivity index (χ4v) is 1.98. The van der Waals surface area contributed by atoms with E-state index in [0.29, 0.717) is 12.3 Å². The summed E-state index contributed by atoms with van der Waals surface area (Å²) in [6, 6.07) is 6.41. The molecule has 3 nitrogen and oxygen atoms in total. The summed E-state index contributed by atoms with van der Waals surface area (Å²) in [5.74, 6) is 1.30. The number of methoxy groups -OCH3 is 1. The summed E-state index contributed by atoms with van der Waals surface area (Å²) in [7, 11) is 1.58. The molecular formula is C15H18FNO2. The van der Waals surface area contributed by atoms with Crippen LogP contribution in [0.15, 0.2) is 34.9 Å². The molecule has 0 aliphatic carbocycles. The van der Waals surface area contributed by atoms with Crippen LogP contribution in [-0.2, 0) is 6.54 Å². The van der Waals surface area contributed by atoms with Crippen LogP contribution >= 0.6 is 0 Å². The van der Waals surface area contributed by atoms with Crippen LogP contribution in [0.5, 0.6) is 5.75 Å². The minimum atomic E-state index is -0.265. The van der Waals surface area contributed by atoms with Crippen LogP contribution < -0.4 is 10.1 Å². The van der Waals surface area contributed by atoms with Crippen molar-refractivity contribution in [1.82, 2.24) is 5.32 Å². The molecule has 0 aliphatic rings. The van der Waals surface area contributed by atoms with Crippen molar-refractivity contribution in [3.8, 4) is 5.75 Å². The van der Waals surface area contributed by atoms with Crippen LogP contribution in [0, 0.1) is 12.7 Å². The predicted octanol–water partition coefficient (Wildman–Crippen LogP) is 3.59. The Balaban J connectivity index is 2.09. The van der Waals surface area contributed by atoms with Gasteiger partial charge < -0.3 is 14.5 Å². The lowest BCUT2D eigenvalue weighted by molar-refractivity contribution is 0.396. The van der Waals surface area contributed by atoms with Crippen molar-refractivity contribution in [2.75, 3.05) is 7.11 Å². The molecule has 0 saturated carbocycles. The van der Waals surface area contributed by atoms with Crippen LogP contribution in [-0.4, -0.2) is 7.11 Å². The van der Waals surface area contributed by atoms with Crippen molar-refractivity contribution in [3.05, 3.63) is 53.2 Å². The number of hydrogen-bond acceptors (Lipinski definition) is 3. The van der Waals surface area contributed by atoms with E-state index in [1.807, 2.05) is 19.9 Å². The maximum absolute atomic E-state index is 13.3. The highest BCUT2D eigenvalue weighted by Gasteiger charge is 2.13. The second-order valence-electron chi connectivity index (χ2n) is 4.52. The van der Waals surface area contributed by atoms with Crippen LogP contribution in [0.4, 0.5) is 4.39 Å². The summed E-state index contributed by atoms with van der Waals surface area (Å²) >= 11 is 0.